The van der Waals surface area contributed by atoms with Crippen molar-refractivity contribution in [2.24, 2.45) is 17.8 Å². The van der Waals surface area contributed by atoms with Crippen LogP contribution in [0.2, 0.25) is 0 Å². The van der Waals surface area contributed by atoms with Crippen molar-refractivity contribution in [1.29, 1.82) is 0 Å². The fraction of sp³-hybridized carbons (Fsp3) is 0.579. The third-order valence-corrected chi connectivity index (χ3v) is 6.10. The van der Waals surface area contributed by atoms with Gasteiger partial charge >= 0.3 is 0 Å². The van der Waals surface area contributed by atoms with Gasteiger partial charge in [-0.05, 0) is 39.0 Å². The number of imide groups is 1. The number of allylic oxidation sites excluding steroid dienone is 2. The lowest BCUT2D eigenvalue weighted by atomic mass is 9.85. The lowest BCUT2D eigenvalue weighted by molar-refractivity contribution is -0.147. The summed E-state index contributed by atoms with van der Waals surface area (Å²) in [6.07, 6.45) is 5.50. The van der Waals surface area contributed by atoms with E-state index in [1.807, 2.05) is 39.8 Å². The predicted octanol–water partition coefficient (Wildman–Crippen LogP) is 3.06. The van der Waals surface area contributed by atoms with Crippen LogP contribution in [-0.2, 0) is 14.4 Å². The van der Waals surface area contributed by atoms with Crippen molar-refractivity contribution in [3.05, 3.63) is 22.7 Å². The molecule has 140 valence electrons. The minimum Gasteiger partial charge on any atom is -0.300 e. The van der Waals surface area contributed by atoms with Gasteiger partial charge in [0.1, 0.15) is 6.04 Å². The molecule has 26 heavy (non-hydrogen) atoms. The maximum atomic E-state index is 12.9. The molecule has 0 bridgehead atoms. The Hall–Kier alpha value is -2.02. The second-order valence-electron chi connectivity index (χ2n) is 7.50. The van der Waals surface area contributed by atoms with Crippen LogP contribution in [0, 0.1) is 31.6 Å². The number of nitrogens with zero attached hydrogens (tertiary/aromatic N) is 2. The Morgan fingerprint density at radius 3 is 2.27 bits per heavy atom. The monoisotopic (exact) mass is 375 g/mol. The van der Waals surface area contributed by atoms with Crippen LogP contribution in [0.25, 0.3) is 0 Å². The van der Waals surface area contributed by atoms with E-state index in [0.29, 0.717) is 24.4 Å². The first-order chi connectivity index (χ1) is 12.3. The number of thiazole rings is 1. The average Bonchev–Trinajstić information content (AvgIpc) is 3.03. The van der Waals surface area contributed by atoms with E-state index >= 15 is 0 Å². The minimum absolute atomic E-state index is 0.173. The van der Waals surface area contributed by atoms with Gasteiger partial charge in [-0.15, -0.1) is 11.3 Å². The molecule has 2 aliphatic rings. The summed E-state index contributed by atoms with van der Waals surface area (Å²) >= 11 is 1.40. The van der Waals surface area contributed by atoms with E-state index < -0.39 is 6.04 Å². The molecular weight excluding hydrogens is 350 g/mol. The maximum absolute atomic E-state index is 12.9. The number of rotatable bonds is 5. The number of nitrogens with one attached hydrogen (secondary N) is 1. The number of hydrogen-bond donors (Lipinski definition) is 1. The van der Waals surface area contributed by atoms with Crippen LogP contribution in [-0.4, -0.2) is 33.6 Å². The minimum atomic E-state index is -0.787. The van der Waals surface area contributed by atoms with E-state index in [0.717, 1.165) is 10.6 Å². The van der Waals surface area contributed by atoms with E-state index in [4.69, 9.17) is 0 Å². The molecule has 3 unspecified atom stereocenters. The number of aryl methyl sites for hydroxylation is 2. The molecule has 2 heterocycles. The van der Waals surface area contributed by atoms with Crippen molar-refractivity contribution in [2.45, 2.75) is 53.0 Å². The lowest BCUT2D eigenvalue weighted by Gasteiger charge is -2.27. The van der Waals surface area contributed by atoms with Crippen molar-refractivity contribution >= 4 is 34.2 Å². The number of likely N-dealkylation sites (tertiary alicyclic amines) is 1. The zero-order valence-electron chi connectivity index (χ0n) is 15.6. The third kappa shape index (κ3) is 3.45. The molecule has 1 aromatic rings. The zero-order valence-corrected chi connectivity index (χ0v) is 16.4. The highest BCUT2D eigenvalue weighted by atomic mass is 32.1. The standard InChI is InChI=1S/C19H25N3O3S/c1-10(2)9-15(16(23)21-19-20-11(3)12(4)26-19)22-17(24)13-7-5-6-8-14(13)18(22)25/h5-6,10,13-15H,7-9H2,1-4H3,(H,20,21,23). The first-order valence-electron chi connectivity index (χ1n) is 9.06. The Morgan fingerprint density at radius 1 is 1.23 bits per heavy atom. The Bertz CT molecular complexity index is 723. The summed E-state index contributed by atoms with van der Waals surface area (Å²) in [6.45, 7) is 7.80. The molecule has 1 aliphatic heterocycles. The molecule has 3 rings (SSSR count). The van der Waals surface area contributed by atoms with Gasteiger partial charge in [0.15, 0.2) is 5.13 Å². The van der Waals surface area contributed by atoms with Crippen LogP contribution in [0.3, 0.4) is 0 Å². The van der Waals surface area contributed by atoms with Gasteiger partial charge in [0.25, 0.3) is 0 Å². The van der Waals surface area contributed by atoms with Gasteiger partial charge < -0.3 is 5.32 Å². The van der Waals surface area contributed by atoms with Crippen molar-refractivity contribution < 1.29 is 14.4 Å². The van der Waals surface area contributed by atoms with Gasteiger partial charge in [-0.1, -0.05) is 26.0 Å². The molecule has 1 N–H and O–H groups in total. The number of carbonyl (C=O) groups is 3. The van der Waals surface area contributed by atoms with Crippen molar-refractivity contribution in [3.8, 4) is 0 Å². The quantitative estimate of drug-likeness (QED) is 0.634. The van der Waals surface area contributed by atoms with Gasteiger partial charge in [0, 0.05) is 4.88 Å². The molecule has 0 spiro atoms. The Kier molecular flexibility index (Phi) is 5.27. The molecule has 1 saturated heterocycles. The highest BCUT2D eigenvalue weighted by Gasteiger charge is 2.51. The lowest BCUT2D eigenvalue weighted by Crippen LogP contribution is -2.48. The van der Waals surface area contributed by atoms with Gasteiger partial charge in [-0.2, -0.15) is 0 Å². The van der Waals surface area contributed by atoms with Gasteiger partial charge in [0.05, 0.1) is 17.5 Å². The summed E-state index contributed by atoms with van der Waals surface area (Å²) in [6, 6.07) is -0.787. The smallest absolute Gasteiger partial charge is 0.249 e. The zero-order chi connectivity index (χ0) is 19.0. The first-order valence-corrected chi connectivity index (χ1v) is 9.88. The van der Waals surface area contributed by atoms with E-state index in [1.54, 1.807) is 0 Å². The largest absolute Gasteiger partial charge is 0.300 e. The number of aromatic nitrogens is 1. The van der Waals surface area contributed by atoms with Gasteiger partial charge in [-0.3, -0.25) is 19.3 Å². The van der Waals surface area contributed by atoms with Crippen LogP contribution in [0.1, 0.15) is 43.7 Å². The van der Waals surface area contributed by atoms with Crippen molar-refractivity contribution in [2.75, 3.05) is 5.32 Å². The van der Waals surface area contributed by atoms with Crippen LogP contribution in [0.5, 0.6) is 0 Å². The fourth-order valence-electron chi connectivity index (χ4n) is 3.62. The number of carbonyl (C=O) groups excluding carboxylic acids is 3. The average molecular weight is 375 g/mol. The molecule has 1 fully saturated rings. The van der Waals surface area contributed by atoms with E-state index in [2.05, 4.69) is 10.3 Å². The number of anilines is 1. The highest BCUT2D eigenvalue weighted by molar-refractivity contribution is 7.15. The maximum Gasteiger partial charge on any atom is 0.249 e. The summed E-state index contributed by atoms with van der Waals surface area (Å²) in [5, 5.41) is 3.33. The molecule has 1 aromatic heterocycles. The molecule has 3 atom stereocenters. The van der Waals surface area contributed by atoms with E-state index in [-0.39, 0.29) is 35.5 Å². The predicted molar refractivity (Wildman–Crippen MR) is 101 cm³/mol. The van der Waals surface area contributed by atoms with Gasteiger partial charge in [0.2, 0.25) is 17.7 Å². The van der Waals surface area contributed by atoms with Crippen LogP contribution in [0.15, 0.2) is 12.2 Å². The summed E-state index contributed by atoms with van der Waals surface area (Å²) in [7, 11) is 0. The van der Waals surface area contributed by atoms with Crippen molar-refractivity contribution in [1.82, 2.24) is 9.88 Å². The molecule has 0 aromatic carbocycles. The molecule has 3 amide bonds. The second kappa shape index (κ2) is 7.31. The van der Waals surface area contributed by atoms with Crippen LogP contribution >= 0.6 is 11.3 Å². The van der Waals surface area contributed by atoms with E-state index in [9.17, 15) is 14.4 Å². The molecule has 7 heteroatoms. The first kappa shape index (κ1) is 18.8. The van der Waals surface area contributed by atoms with Crippen LogP contribution in [0.4, 0.5) is 5.13 Å². The SMILES string of the molecule is Cc1nc(NC(=O)C(CC(C)C)N2C(=O)C3CC=CCC3C2=O)sc1C. The molecular formula is C19H25N3O3S. The number of hydrogen-bond acceptors (Lipinski definition) is 5. The molecule has 6 nitrogen and oxygen atoms in total. The summed E-state index contributed by atoms with van der Waals surface area (Å²) in [5.74, 6) is -1.22. The normalized spacial score (nSPS) is 23.5. The molecule has 1 aliphatic carbocycles. The van der Waals surface area contributed by atoms with Crippen LogP contribution < -0.4 is 5.32 Å². The number of fused-ring (bicyclic) bond motifs is 1. The fourth-order valence-corrected chi connectivity index (χ4v) is 4.44. The number of amides is 3. The Morgan fingerprint density at radius 2 is 1.81 bits per heavy atom. The molecule has 0 radical (unpaired) electrons. The summed E-state index contributed by atoms with van der Waals surface area (Å²) in [4.78, 5) is 45.3. The van der Waals surface area contributed by atoms with E-state index in [1.165, 1.54) is 16.2 Å². The summed E-state index contributed by atoms with van der Waals surface area (Å²) < 4.78 is 0. The van der Waals surface area contributed by atoms with Gasteiger partial charge in [-0.25, -0.2) is 4.98 Å². The Balaban J connectivity index is 1.84. The molecule has 0 saturated carbocycles. The Labute approximate surface area is 157 Å². The third-order valence-electron chi connectivity index (χ3n) is 5.11. The topological polar surface area (TPSA) is 79.4 Å². The summed E-state index contributed by atoms with van der Waals surface area (Å²) in [5.41, 5.74) is 0.871. The highest BCUT2D eigenvalue weighted by Crippen LogP contribution is 2.37. The van der Waals surface area contributed by atoms with Crippen molar-refractivity contribution in [3.63, 3.8) is 0 Å². The second-order valence-corrected chi connectivity index (χ2v) is 8.70.